The van der Waals surface area contributed by atoms with Crippen molar-refractivity contribution in [2.45, 2.75) is 37.6 Å². The van der Waals surface area contributed by atoms with Gasteiger partial charge in [-0.2, -0.15) is 0 Å². The van der Waals surface area contributed by atoms with Gasteiger partial charge in [0.15, 0.2) is 6.29 Å². The zero-order valence-electron chi connectivity index (χ0n) is 10.0. The van der Waals surface area contributed by atoms with Crippen LogP contribution in [0.1, 0.15) is 6.92 Å². The minimum Gasteiger partial charge on any atom is -0.394 e. The molecule has 0 spiro atoms. The number of hydrogen-bond donors (Lipinski definition) is 5. The van der Waals surface area contributed by atoms with Crippen molar-refractivity contribution in [2.24, 2.45) is 0 Å². The Labute approximate surface area is 104 Å². The number of carbonyl (C=O) groups is 1. The Morgan fingerprint density at radius 3 is 2.50 bits per heavy atom. The van der Waals surface area contributed by atoms with E-state index in [0.29, 0.717) is 0 Å². The number of amides is 1. The highest BCUT2D eigenvalue weighted by Gasteiger charge is 2.43. The SMILES string of the molecule is CC(=O)NCCO[C@@H]1OC(CO)[C@@H](O)[C@H](O)C1O. The molecule has 5 atom stereocenters. The Kier molecular flexibility index (Phi) is 5.93. The topological polar surface area (TPSA) is 128 Å². The number of aliphatic hydroxyl groups is 4. The first kappa shape index (κ1) is 15.3. The van der Waals surface area contributed by atoms with Gasteiger partial charge in [0, 0.05) is 13.5 Å². The van der Waals surface area contributed by atoms with Gasteiger partial charge in [-0.1, -0.05) is 0 Å². The lowest BCUT2D eigenvalue weighted by Crippen LogP contribution is -2.59. The lowest BCUT2D eigenvalue weighted by Gasteiger charge is -2.39. The third-order valence-electron chi connectivity index (χ3n) is 2.61. The second kappa shape index (κ2) is 6.98. The molecule has 0 aromatic rings. The van der Waals surface area contributed by atoms with Gasteiger partial charge in [0.05, 0.1) is 13.2 Å². The minimum absolute atomic E-state index is 0.0717. The molecular formula is C10H19NO7. The molecule has 1 aliphatic heterocycles. The van der Waals surface area contributed by atoms with Crippen LogP contribution in [0.4, 0.5) is 0 Å². The highest BCUT2D eigenvalue weighted by Crippen LogP contribution is 2.21. The van der Waals surface area contributed by atoms with Gasteiger partial charge in [-0.25, -0.2) is 0 Å². The van der Waals surface area contributed by atoms with Crippen LogP contribution in [0.5, 0.6) is 0 Å². The Bertz CT molecular complexity index is 273. The number of rotatable bonds is 5. The van der Waals surface area contributed by atoms with Crippen LogP contribution in [0.15, 0.2) is 0 Å². The van der Waals surface area contributed by atoms with Crippen LogP contribution < -0.4 is 5.32 Å². The fourth-order valence-electron chi connectivity index (χ4n) is 1.61. The van der Waals surface area contributed by atoms with Gasteiger partial charge in [-0.3, -0.25) is 4.79 Å². The van der Waals surface area contributed by atoms with Crippen molar-refractivity contribution in [2.75, 3.05) is 19.8 Å². The molecule has 0 aromatic heterocycles. The largest absolute Gasteiger partial charge is 0.394 e. The molecule has 0 radical (unpaired) electrons. The Morgan fingerprint density at radius 2 is 1.94 bits per heavy atom. The molecule has 8 nitrogen and oxygen atoms in total. The zero-order chi connectivity index (χ0) is 13.7. The van der Waals surface area contributed by atoms with Crippen molar-refractivity contribution in [3.63, 3.8) is 0 Å². The molecule has 1 saturated heterocycles. The van der Waals surface area contributed by atoms with E-state index in [2.05, 4.69) is 5.32 Å². The molecule has 0 aromatic carbocycles. The summed E-state index contributed by atoms with van der Waals surface area (Å²) in [6.45, 7) is 1.15. The number of aliphatic hydroxyl groups excluding tert-OH is 4. The van der Waals surface area contributed by atoms with E-state index in [1.165, 1.54) is 6.92 Å². The van der Waals surface area contributed by atoms with Crippen LogP contribution in [-0.2, 0) is 14.3 Å². The van der Waals surface area contributed by atoms with Crippen LogP contribution in [-0.4, -0.2) is 76.8 Å². The Morgan fingerprint density at radius 1 is 1.28 bits per heavy atom. The van der Waals surface area contributed by atoms with E-state index in [4.69, 9.17) is 14.6 Å². The van der Waals surface area contributed by atoms with E-state index in [-0.39, 0.29) is 19.1 Å². The fourth-order valence-corrected chi connectivity index (χ4v) is 1.61. The third-order valence-corrected chi connectivity index (χ3v) is 2.61. The van der Waals surface area contributed by atoms with Gasteiger partial charge >= 0.3 is 0 Å². The van der Waals surface area contributed by atoms with Crippen molar-refractivity contribution in [3.05, 3.63) is 0 Å². The number of nitrogens with one attached hydrogen (secondary N) is 1. The summed E-state index contributed by atoms with van der Waals surface area (Å²) in [4.78, 5) is 10.6. The Hall–Kier alpha value is -0.770. The summed E-state index contributed by atoms with van der Waals surface area (Å²) in [5, 5.41) is 40.0. The second-order valence-corrected chi connectivity index (χ2v) is 4.05. The normalized spacial score (nSPS) is 36.4. The van der Waals surface area contributed by atoms with Crippen LogP contribution in [0.3, 0.4) is 0 Å². The summed E-state index contributed by atoms with van der Waals surface area (Å²) in [6.07, 6.45) is -6.43. The molecule has 5 N–H and O–H groups in total. The standard InChI is InChI=1S/C10H19NO7/c1-5(13)11-2-3-17-10-9(16)8(15)7(14)6(4-12)18-10/h6-10,12,14-16H,2-4H2,1H3,(H,11,13)/t6?,7-,8+,9?,10-/m1/s1. The average Bonchev–Trinajstić information content (AvgIpc) is 2.34. The monoisotopic (exact) mass is 265 g/mol. The van der Waals surface area contributed by atoms with Gasteiger partial charge < -0.3 is 35.2 Å². The molecule has 0 aliphatic carbocycles. The van der Waals surface area contributed by atoms with Crippen molar-refractivity contribution in [3.8, 4) is 0 Å². The van der Waals surface area contributed by atoms with Crippen molar-refractivity contribution in [1.29, 1.82) is 0 Å². The van der Waals surface area contributed by atoms with Crippen molar-refractivity contribution >= 4 is 5.91 Å². The van der Waals surface area contributed by atoms with Crippen LogP contribution in [0.2, 0.25) is 0 Å². The predicted octanol–water partition coefficient (Wildman–Crippen LogP) is -3.06. The lowest BCUT2D eigenvalue weighted by molar-refractivity contribution is -0.300. The van der Waals surface area contributed by atoms with Crippen molar-refractivity contribution in [1.82, 2.24) is 5.32 Å². The number of ether oxygens (including phenoxy) is 2. The van der Waals surface area contributed by atoms with Crippen molar-refractivity contribution < 1.29 is 34.7 Å². The maximum absolute atomic E-state index is 10.6. The highest BCUT2D eigenvalue weighted by atomic mass is 16.7. The van der Waals surface area contributed by atoms with E-state index in [9.17, 15) is 20.1 Å². The van der Waals surface area contributed by atoms with Gasteiger partial charge in [0.1, 0.15) is 24.4 Å². The molecule has 1 rings (SSSR count). The molecule has 106 valence electrons. The van der Waals surface area contributed by atoms with E-state index in [1.807, 2.05) is 0 Å². The average molecular weight is 265 g/mol. The second-order valence-electron chi connectivity index (χ2n) is 4.05. The van der Waals surface area contributed by atoms with E-state index in [1.54, 1.807) is 0 Å². The first-order valence-corrected chi connectivity index (χ1v) is 5.64. The number of hydrogen-bond acceptors (Lipinski definition) is 7. The quantitative estimate of drug-likeness (QED) is 0.334. The van der Waals surface area contributed by atoms with Gasteiger partial charge in [0.25, 0.3) is 0 Å². The molecule has 1 fully saturated rings. The summed E-state index contributed by atoms with van der Waals surface area (Å²) < 4.78 is 10.2. The maximum atomic E-state index is 10.6. The van der Waals surface area contributed by atoms with Crippen LogP contribution in [0.25, 0.3) is 0 Å². The predicted molar refractivity (Wildman–Crippen MR) is 58.4 cm³/mol. The maximum Gasteiger partial charge on any atom is 0.216 e. The molecule has 1 aliphatic rings. The van der Waals surface area contributed by atoms with Gasteiger partial charge in [0.2, 0.25) is 5.91 Å². The summed E-state index contributed by atoms with van der Waals surface area (Å²) >= 11 is 0. The smallest absolute Gasteiger partial charge is 0.216 e. The van der Waals surface area contributed by atoms with E-state index < -0.39 is 37.3 Å². The van der Waals surface area contributed by atoms with Gasteiger partial charge in [-0.05, 0) is 0 Å². The number of carbonyl (C=O) groups excluding carboxylic acids is 1. The fraction of sp³-hybridized carbons (Fsp3) is 0.900. The molecule has 1 amide bonds. The van der Waals surface area contributed by atoms with E-state index in [0.717, 1.165) is 0 Å². The summed E-state index contributed by atoms with van der Waals surface area (Å²) in [6, 6.07) is 0. The molecule has 0 bridgehead atoms. The molecule has 1 heterocycles. The minimum atomic E-state index is -1.46. The first-order chi connectivity index (χ1) is 8.47. The van der Waals surface area contributed by atoms with Crippen LogP contribution in [0, 0.1) is 0 Å². The first-order valence-electron chi connectivity index (χ1n) is 5.64. The Balaban J connectivity index is 2.41. The molecule has 2 unspecified atom stereocenters. The summed E-state index contributed by atoms with van der Waals surface area (Å²) in [5.74, 6) is -0.215. The molecule has 8 heteroatoms. The molecule has 0 saturated carbocycles. The summed E-state index contributed by atoms with van der Waals surface area (Å²) in [7, 11) is 0. The van der Waals surface area contributed by atoms with Crippen LogP contribution >= 0.6 is 0 Å². The highest BCUT2D eigenvalue weighted by molar-refractivity contribution is 5.72. The molecular weight excluding hydrogens is 246 g/mol. The third kappa shape index (κ3) is 3.87. The van der Waals surface area contributed by atoms with E-state index >= 15 is 0 Å². The van der Waals surface area contributed by atoms with Gasteiger partial charge in [-0.15, -0.1) is 0 Å². The molecule has 18 heavy (non-hydrogen) atoms. The summed E-state index contributed by atoms with van der Waals surface area (Å²) in [5.41, 5.74) is 0. The lowest BCUT2D eigenvalue weighted by atomic mass is 9.99. The zero-order valence-corrected chi connectivity index (χ0v) is 10.0.